The number of aryl methyl sites for hydroxylation is 2. The predicted molar refractivity (Wildman–Crippen MR) is 194 cm³/mol. The molecule has 0 aliphatic rings. The molecular formula is C37H52N4O2S2. The van der Waals surface area contributed by atoms with Crippen molar-refractivity contribution < 1.29 is 9.59 Å². The molecule has 0 atom stereocenters. The van der Waals surface area contributed by atoms with Crippen LogP contribution in [-0.4, -0.2) is 41.7 Å². The SMILES string of the molecule is CCCCCCCCc1cccc2[nH]c(C(=O)SCCCCCSC(=O)c3nc4c(CCCCCCCC)cccc4[nH]3)nc12. The van der Waals surface area contributed by atoms with Crippen LogP contribution in [0.1, 0.15) is 143 Å². The van der Waals surface area contributed by atoms with Gasteiger partial charge in [-0.2, -0.15) is 0 Å². The molecule has 45 heavy (non-hydrogen) atoms. The smallest absolute Gasteiger partial charge is 0.254 e. The summed E-state index contributed by atoms with van der Waals surface area (Å²) in [6.45, 7) is 4.49. The van der Waals surface area contributed by atoms with E-state index >= 15 is 0 Å². The van der Waals surface area contributed by atoms with Gasteiger partial charge >= 0.3 is 0 Å². The van der Waals surface area contributed by atoms with Gasteiger partial charge in [-0.05, 0) is 61.8 Å². The first-order valence-corrected chi connectivity index (χ1v) is 19.4. The lowest BCUT2D eigenvalue weighted by Gasteiger charge is -2.03. The lowest BCUT2D eigenvalue weighted by molar-refractivity contribution is 0.107. The highest BCUT2D eigenvalue weighted by molar-refractivity contribution is 8.14. The lowest BCUT2D eigenvalue weighted by Crippen LogP contribution is -1.99. The molecule has 4 rings (SSSR count). The van der Waals surface area contributed by atoms with E-state index in [9.17, 15) is 9.59 Å². The molecule has 0 aliphatic heterocycles. The van der Waals surface area contributed by atoms with Gasteiger partial charge in [-0.15, -0.1) is 0 Å². The third-order valence-electron chi connectivity index (χ3n) is 8.43. The van der Waals surface area contributed by atoms with Gasteiger partial charge in [0, 0.05) is 11.5 Å². The molecule has 244 valence electrons. The summed E-state index contributed by atoms with van der Waals surface area (Å²) >= 11 is 2.67. The van der Waals surface area contributed by atoms with Gasteiger partial charge in [0.2, 0.25) is 0 Å². The van der Waals surface area contributed by atoms with Crippen molar-refractivity contribution in [1.29, 1.82) is 0 Å². The Balaban J connectivity index is 1.13. The second kappa shape index (κ2) is 19.8. The van der Waals surface area contributed by atoms with Crippen molar-refractivity contribution in [1.82, 2.24) is 19.9 Å². The summed E-state index contributed by atoms with van der Waals surface area (Å²) in [5, 5.41) is 0.00373. The van der Waals surface area contributed by atoms with Gasteiger partial charge in [-0.1, -0.05) is 132 Å². The zero-order valence-corrected chi connectivity index (χ0v) is 29.1. The quantitative estimate of drug-likeness (QED) is 0.0824. The fourth-order valence-corrected chi connectivity index (χ4v) is 7.35. The Bertz CT molecular complexity index is 1370. The maximum atomic E-state index is 12.8. The van der Waals surface area contributed by atoms with Gasteiger partial charge in [0.1, 0.15) is 0 Å². The molecule has 0 aliphatic carbocycles. The van der Waals surface area contributed by atoms with Crippen LogP contribution >= 0.6 is 23.5 Å². The Morgan fingerprint density at radius 2 is 0.956 bits per heavy atom. The number of aromatic amines is 2. The molecule has 2 heterocycles. The van der Waals surface area contributed by atoms with E-state index in [0.29, 0.717) is 11.6 Å². The number of nitrogens with one attached hydrogen (secondary N) is 2. The van der Waals surface area contributed by atoms with Gasteiger partial charge in [0.15, 0.2) is 11.6 Å². The average molecular weight is 649 g/mol. The summed E-state index contributed by atoms with van der Waals surface area (Å²) in [6, 6.07) is 12.4. The van der Waals surface area contributed by atoms with Crippen LogP contribution < -0.4 is 0 Å². The fourth-order valence-electron chi connectivity index (χ4n) is 5.82. The van der Waals surface area contributed by atoms with E-state index in [2.05, 4.69) is 48.1 Å². The van der Waals surface area contributed by atoms with Crippen molar-refractivity contribution in [3.63, 3.8) is 0 Å². The molecule has 0 saturated carbocycles. The maximum Gasteiger partial charge on any atom is 0.254 e. The number of rotatable bonds is 22. The number of carbonyl (C=O) groups is 2. The number of imidazole rings is 2. The molecule has 0 fully saturated rings. The van der Waals surface area contributed by atoms with E-state index in [1.807, 2.05) is 12.1 Å². The first-order chi connectivity index (χ1) is 22.1. The van der Waals surface area contributed by atoms with E-state index in [1.54, 1.807) is 0 Å². The van der Waals surface area contributed by atoms with Crippen LogP contribution in [0.2, 0.25) is 0 Å². The van der Waals surface area contributed by atoms with Crippen molar-refractivity contribution in [2.75, 3.05) is 11.5 Å². The number of unbranched alkanes of at least 4 members (excludes halogenated alkanes) is 12. The third kappa shape index (κ3) is 11.3. The molecular weight excluding hydrogens is 597 g/mol. The predicted octanol–water partition coefficient (Wildman–Crippen LogP) is 10.9. The molecule has 8 heteroatoms. The van der Waals surface area contributed by atoms with Crippen LogP contribution in [0.25, 0.3) is 22.1 Å². The van der Waals surface area contributed by atoms with Crippen molar-refractivity contribution in [3.05, 3.63) is 59.2 Å². The fraction of sp³-hybridized carbons (Fsp3) is 0.568. The number of carbonyl (C=O) groups excluding carboxylic acids is 2. The molecule has 6 nitrogen and oxygen atoms in total. The Morgan fingerprint density at radius 1 is 0.556 bits per heavy atom. The summed E-state index contributed by atoms with van der Waals surface area (Å²) < 4.78 is 0. The lowest BCUT2D eigenvalue weighted by atomic mass is 10.0. The molecule has 0 spiro atoms. The van der Waals surface area contributed by atoms with Crippen LogP contribution in [-0.2, 0) is 12.8 Å². The molecule has 2 aromatic heterocycles. The van der Waals surface area contributed by atoms with Crippen molar-refractivity contribution >= 4 is 55.8 Å². The Hall–Kier alpha value is -2.58. The van der Waals surface area contributed by atoms with E-state index < -0.39 is 0 Å². The van der Waals surface area contributed by atoms with Crippen molar-refractivity contribution in [2.24, 2.45) is 0 Å². The summed E-state index contributed by atoms with van der Waals surface area (Å²) in [6.07, 6.45) is 20.1. The second-order valence-corrected chi connectivity index (χ2v) is 14.3. The topological polar surface area (TPSA) is 91.5 Å². The zero-order chi connectivity index (χ0) is 31.7. The number of para-hydroxylation sites is 2. The first-order valence-electron chi connectivity index (χ1n) is 17.4. The summed E-state index contributed by atoms with van der Waals surface area (Å²) in [7, 11) is 0. The monoisotopic (exact) mass is 648 g/mol. The summed E-state index contributed by atoms with van der Waals surface area (Å²) in [5.41, 5.74) is 6.23. The molecule has 0 unspecified atom stereocenters. The summed E-state index contributed by atoms with van der Waals surface area (Å²) in [4.78, 5) is 41.6. The highest BCUT2D eigenvalue weighted by Crippen LogP contribution is 2.24. The van der Waals surface area contributed by atoms with Crippen LogP contribution in [0.5, 0.6) is 0 Å². The van der Waals surface area contributed by atoms with Gasteiger partial charge in [-0.25, -0.2) is 9.97 Å². The van der Waals surface area contributed by atoms with Crippen LogP contribution in [0.4, 0.5) is 0 Å². The van der Waals surface area contributed by atoms with Crippen molar-refractivity contribution in [3.8, 4) is 0 Å². The van der Waals surface area contributed by atoms with E-state index in [4.69, 9.17) is 9.97 Å². The van der Waals surface area contributed by atoms with E-state index in [-0.39, 0.29) is 10.2 Å². The molecule has 0 radical (unpaired) electrons. The van der Waals surface area contributed by atoms with Gasteiger partial charge in [-0.3, -0.25) is 9.59 Å². The molecule has 0 saturated heterocycles. The number of aromatic nitrogens is 4. The Morgan fingerprint density at radius 3 is 1.40 bits per heavy atom. The van der Waals surface area contributed by atoms with Crippen LogP contribution in [0.15, 0.2) is 36.4 Å². The first kappa shape index (κ1) is 35.3. The highest BCUT2D eigenvalue weighted by atomic mass is 32.2. The molecule has 0 amide bonds. The molecule has 2 aromatic carbocycles. The molecule has 0 bridgehead atoms. The number of hydrogen-bond acceptors (Lipinski definition) is 6. The number of thioether (sulfide) groups is 2. The maximum absolute atomic E-state index is 12.8. The van der Waals surface area contributed by atoms with Crippen molar-refractivity contribution in [2.45, 2.75) is 123 Å². The van der Waals surface area contributed by atoms with Gasteiger partial charge in [0.05, 0.1) is 22.1 Å². The van der Waals surface area contributed by atoms with Crippen LogP contribution in [0.3, 0.4) is 0 Å². The third-order valence-corrected chi connectivity index (χ3v) is 10.3. The number of benzene rings is 2. The van der Waals surface area contributed by atoms with Gasteiger partial charge < -0.3 is 9.97 Å². The largest absolute Gasteiger partial charge is 0.335 e. The highest BCUT2D eigenvalue weighted by Gasteiger charge is 2.16. The Kier molecular flexibility index (Phi) is 15.5. The van der Waals surface area contributed by atoms with E-state index in [1.165, 1.54) is 98.9 Å². The number of nitrogens with zero attached hydrogens (tertiary/aromatic N) is 2. The minimum atomic E-state index is 0.00187. The van der Waals surface area contributed by atoms with Gasteiger partial charge in [0.25, 0.3) is 10.2 Å². The number of H-pyrrole nitrogens is 2. The van der Waals surface area contributed by atoms with E-state index in [0.717, 1.165) is 78.5 Å². The molecule has 2 N–H and O–H groups in total. The molecule has 4 aromatic rings. The average Bonchev–Trinajstić information content (AvgIpc) is 3.70. The van der Waals surface area contributed by atoms with Crippen LogP contribution in [0, 0.1) is 0 Å². The standard InChI is InChI=1S/C37H52N4O2S2/c1-3-5-7-9-11-14-20-28-22-18-24-30-32(28)40-34(38-30)36(42)44-26-16-13-17-27-45-37(43)35-39-31-25-19-23-29(33(31)41-35)21-15-12-10-8-6-4-2/h18-19,22-25H,3-17,20-21,26-27H2,1-2H3,(H,38,40)(H,39,41). The second-order valence-electron chi connectivity index (χ2n) is 12.2. The number of hydrogen-bond donors (Lipinski definition) is 2. The number of fused-ring (bicyclic) bond motifs is 2. The minimum absolute atomic E-state index is 0.00187. The normalized spacial score (nSPS) is 11.6. The summed E-state index contributed by atoms with van der Waals surface area (Å²) in [5.74, 6) is 2.41. The minimum Gasteiger partial charge on any atom is -0.335 e. The Labute approximate surface area is 278 Å². The zero-order valence-electron chi connectivity index (χ0n) is 27.4.